The van der Waals surface area contributed by atoms with Crippen molar-refractivity contribution in [1.82, 2.24) is 0 Å². The predicted octanol–water partition coefficient (Wildman–Crippen LogP) is 4.58. The fourth-order valence-electron chi connectivity index (χ4n) is 1.74. The highest BCUT2D eigenvalue weighted by atomic mass is 32.2. The lowest BCUT2D eigenvalue weighted by atomic mass is 10.1. The van der Waals surface area contributed by atoms with Gasteiger partial charge in [-0.3, -0.25) is 0 Å². The summed E-state index contributed by atoms with van der Waals surface area (Å²) in [6.45, 7) is 6.47. The molecular formula is C15H24O2S. The first-order valence-electron chi connectivity index (χ1n) is 6.72. The number of benzene rings is 1. The van der Waals surface area contributed by atoms with E-state index in [1.165, 1.54) is 12.8 Å². The number of hydrogen-bond acceptors (Lipinski definition) is 3. The molecule has 0 fully saturated rings. The summed E-state index contributed by atoms with van der Waals surface area (Å²) < 4.78 is 0. The summed E-state index contributed by atoms with van der Waals surface area (Å²) in [5, 5.41) is 19.6. The lowest BCUT2D eigenvalue weighted by Gasteiger charge is -2.10. The molecule has 0 spiro atoms. The number of phenolic OH excluding ortho intramolecular Hbond substituents is 2. The Morgan fingerprint density at radius 3 is 2.50 bits per heavy atom. The summed E-state index contributed by atoms with van der Waals surface area (Å²) in [6.07, 6.45) is 4.50. The highest BCUT2D eigenvalue weighted by Gasteiger charge is 2.10. The van der Waals surface area contributed by atoms with Gasteiger partial charge in [-0.05, 0) is 36.5 Å². The molecule has 0 saturated carbocycles. The Bertz CT molecular complexity index is 375. The molecule has 0 atom stereocenters. The van der Waals surface area contributed by atoms with Crippen molar-refractivity contribution >= 4 is 11.8 Å². The Morgan fingerprint density at radius 2 is 1.89 bits per heavy atom. The maximum absolute atomic E-state index is 9.84. The van der Waals surface area contributed by atoms with E-state index in [4.69, 9.17) is 0 Å². The molecule has 0 aliphatic carbocycles. The Morgan fingerprint density at radius 1 is 1.17 bits per heavy atom. The molecule has 2 N–H and O–H groups in total. The summed E-state index contributed by atoms with van der Waals surface area (Å²) in [6, 6.07) is 3.70. The van der Waals surface area contributed by atoms with Gasteiger partial charge in [-0.2, -0.15) is 0 Å². The highest BCUT2D eigenvalue weighted by molar-refractivity contribution is 7.99. The van der Waals surface area contributed by atoms with Gasteiger partial charge < -0.3 is 10.2 Å². The lowest BCUT2D eigenvalue weighted by molar-refractivity contribution is 0.394. The molecule has 0 bridgehead atoms. The van der Waals surface area contributed by atoms with Gasteiger partial charge in [0.25, 0.3) is 0 Å². The van der Waals surface area contributed by atoms with Gasteiger partial charge in [-0.15, -0.1) is 11.8 Å². The summed E-state index contributed by atoms with van der Waals surface area (Å²) in [5.74, 6) is 1.56. The van der Waals surface area contributed by atoms with Gasteiger partial charge in [0.15, 0.2) is 11.5 Å². The minimum absolute atomic E-state index is 0.00949. The summed E-state index contributed by atoms with van der Waals surface area (Å²) in [4.78, 5) is 0.801. The van der Waals surface area contributed by atoms with Crippen LogP contribution >= 0.6 is 11.8 Å². The lowest BCUT2D eigenvalue weighted by Crippen LogP contribution is -1.92. The molecule has 2 nitrogen and oxygen atoms in total. The van der Waals surface area contributed by atoms with Crippen LogP contribution in [0.15, 0.2) is 17.0 Å². The highest BCUT2D eigenvalue weighted by Crippen LogP contribution is 2.38. The van der Waals surface area contributed by atoms with Crippen LogP contribution in [0.1, 0.15) is 45.6 Å². The van der Waals surface area contributed by atoms with E-state index < -0.39 is 0 Å². The van der Waals surface area contributed by atoms with Gasteiger partial charge in [0.2, 0.25) is 0 Å². The number of hydrogen-bond donors (Lipinski definition) is 2. The van der Waals surface area contributed by atoms with Gasteiger partial charge in [-0.25, -0.2) is 0 Å². The standard InChI is InChI=1S/C15H24O2S/c1-4-5-6-7-12-8-13(16)15(17)14(9-12)18-10-11(2)3/h8-9,11,16-17H,4-7,10H2,1-3H3. The van der Waals surface area contributed by atoms with Crippen LogP contribution in [0.3, 0.4) is 0 Å². The van der Waals surface area contributed by atoms with E-state index in [9.17, 15) is 10.2 Å². The molecule has 3 heteroatoms. The van der Waals surface area contributed by atoms with Crippen LogP contribution in [-0.4, -0.2) is 16.0 Å². The van der Waals surface area contributed by atoms with Crippen molar-refractivity contribution in [3.05, 3.63) is 17.7 Å². The third-order valence-corrected chi connectivity index (χ3v) is 4.21. The van der Waals surface area contributed by atoms with Gasteiger partial charge >= 0.3 is 0 Å². The van der Waals surface area contributed by atoms with Crippen LogP contribution in [0.25, 0.3) is 0 Å². The molecule has 0 unspecified atom stereocenters. The molecule has 102 valence electrons. The van der Waals surface area contributed by atoms with Crippen molar-refractivity contribution in [2.24, 2.45) is 5.92 Å². The number of aryl methyl sites for hydroxylation is 1. The van der Waals surface area contributed by atoms with Crippen molar-refractivity contribution in [2.45, 2.75) is 51.3 Å². The summed E-state index contributed by atoms with van der Waals surface area (Å²) >= 11 is 1.61. The maximum atomic E-state index is 9.84. The minimum Gasteiger partial charge on any atom is -0.504 e. The average Bonchev–Trinajstić information content (AvgIpc) is 2.32. The van der Waals surface area contributed by atoms with Crippen LogP contribution in [0.2, 0.25) is 0 Å². The Kier molecular flexibility index (Phi) is 6.41. The second-order valence-corrected chi connectivity index (χ2v) is 6.19. The normalized spacial score (nSPS) is 11.1. The fraction of sp³-hybridized carbons (Fsp3) is 0.600. The molecule has 18 heavy (non-hydrogen) atoms. The second kappa shape index (κ2) is 7.57. The number of rotatable bonds is 7. The van der Waals surface area contributed by atoms with E-state index in [1.54, 1.807) is 17.8 Å². The molecule has 0 aliphatic heterocycles. The van der Waals surface area contributed by atoms with Crippen molar-refractivity contribution in [3.63, 3.8) is 0 Å². The average molecular weight is 268 g/mol. The molecule has 0 aliphatic rings. The smallest absolute Gasteiger partial charge is 0.171 e. The van der Waals surface area contributed by atoms with Crippen LogP contribution in [0, 0.1) is 5.92 Å². The molecular weight excluding hydrogens is 244 g/mol. The maximum Gasteiger partial charge on any atom is 0.171 e. The largest absolute Gasteiger partial charge is 0.504 e. The van der Waals surface area contributed by atoms with Crippen LogP contribution in [-0.2, 0) is 6.42 Å². The molecule has 1 aromatic carbocycles. The molecule has 0 heterocycles. The van der Waals surface area contributed by atoms with Crippen molar-refractivity contribution in [3.8, 4) is 11.5 Å². The zero-order valence-electron chi connectivity index (χ0n) is 11.6. The number of thioether (sulfide) groups is 1. The van der Waals surface area contributed by atoms with Crippen LogP contribution in [0.5, 0.6) is 11.5 Å². The van der Waals surface area contributed by atoms with Crippen LogP contribution < -0.4 is 0 Å². The summed E-state index contributed by atoms with van der Waals surface area (Å²) in [5.41, 5.74) is 1.12. The zero-order chi connectivity index (χ0) is 13.5. The predicted molar refractivity (Wildman–Crippen MR) is 78.6 cm³/mol. The third kappa shape index (κ3) is 4.81. The molecule has 1 aromatic rings. The van der Waals surface area contributed by atoms with Gasteiger partial charge in [0.05, 0.1) is 4.90 Å². The van der Waals surface area contributed by atoms with E-state index in [-0.39, 0.29) is 11.5 Å². The number of aromatic hydroxyl groups is 2. The number of unbranched alkanes of at least 4 members (excludes halogenated alkanes) is 2. The first-order chi connectivity index (χ1) is 8.54. The van der Waals surface area contributed by atoms with E-state index in [0.29, 0.717) is 5.92 Å². The van der Waals surface area contributed by atoms with Crippen LogP contribution in [0.4, 0.5) is 0 Å². The first-order valence-corrected chi connectivity index (χ1v) is 7.70. The molecule has 0 saturated heterocycles. The van der Waals surface area contributed by atoms with Crippen molar-refractivity contribution in [1.29, 1.82) is 0 Å². The topological polar surface area (TPSA) is 40.5 Å². The van der Waals surface area contributed by atoms with Gasteiger partial charge in [0, 0.05) is 5.75 Å². The number of phenols is 2. The molecule has 0 amide bonds. The van der Waals surface area contributed by atoms with E-state index in [1.807, 2.05) is 6.07 Å². The Hall–Kier alpha value is -0.830. The quantitative estimate of drug-likeness (QED) is 0.432. The summed E-state index contributed by atoms with van der Waals surface area (Å²) in [7, 11) is 0. The Balaban J connectivity index is 2.75. The van der Waals surface area contributed by atoms with Crippen molar-refractivity contribution < 1.29 is 10.2 Å². The second-order valence-electron chi connectivity index (χ2n) is 5.12. The molecule has 0 radical (unpaired) electrons. The minimum atomic E-state index is 0.00949. The van der Waals surface area contributed by atoms with E-state index >= 15 is 0 Å². The SMILES string of the molecule is CCCCCc1cc(O)c(O)c(SCC(C)C)c1. The monoisotopic (exact) mass is 268 g/mol. The molecule has 0 aromatic heterocycles. The van der Waals surface area contributed by atoms with E-state index in [0.717, 1.165) is 29.1 Å². The zero-order valence-corrected chi connectivity index (χ0v) is 12.4. The first kappa shape index (κ1) is 15.2. The fourth-order valence-corrected chi connectivity index (χ4v) is 2.73. The third-order valence-electron chi connectivity index (χ3n) is 2.76. The van der Waals surface area contributed by atoms with Gasteiger partial charge in [0.1, 0.15) is 0 Å². The van der Waals surface area contributed by atoms with E-state index in [2.05, 4.69) is 20.8 Å². The Labute approximate surface area is 114 Å². The van der Waals surface area contributed by atoms with Gasteiger partial charge in [-0.1, -0.05) is 33.6 Å². The molecule has 1 rings (SSSR count). The van der Waals surface area contributed by atoms with Crippen molar-refractivity contribution in [2.75, 3.05) is 5.75 Å².